The summed E-state index contributed by atoms with van der Waals surface area (Å²) < 4.78 is 11.1. The van der Waals surface area contributed by atoms with Gasteiger partial charge in [-0.05, 0) is 44.4 Å². The van der Waals surface area contributed by atoms with E-state index in [1.54, 1.807) is 25.4 Å². The molecular weight excluding hydrogens is 465 g/mol. The number of halogens is 2. The first-order chi connectivity index (χ1) is 16.0. The Labute approximate surface area is 203 Å². The molecule has 178 valence electrons. The molecule has 3 heterocycles. The van der Waals surface area contributed by atoms with Gasteiger partial charge in [-0.15, -0.1) is 5.10 Å². The van der Waals surface area contributed by atoms with E-state index in [2.05, 4.69) is 20.8 Å². The average Bonchev–Trinajstić information content (AvgIpc) is 2.83. The second-order valence-corrected chi connectivity index (χ2v) is 9.28. The lowest BCUT2D eigenvalue weighted by Gasteiger charge is -2.38. The maximum atomic E-state index is 13.2. The van der Waals surface area contributed by atoms with E-state index >= 15 is 0 Å². The van der Waals surface area contributed by atoms with E-state index < -0.39 is 0 Å². The third kappa shape index (κ3) is 5.75. The number of methoxy groups -OCH3 is 1. The van der Waals surface area contributed by atoms with Crippen LogP contribution in [0.2, 0.25) is 10.0 Å². The number of nitrogens with zero attached hydrogens (tertiary/aromatic N) is 3. The zero-order valence-electron chi connectivity index (χ0n) is 18.8. The van der Waals surface area contributed by atoms with Crippen LogP contribution in [0, 0.1) is 6.92 Å². The summed E-state index contributed by atoms with van der Waals surface area (Å²) in [5, 5.41) is 16.1. The van der Waals surface area contributed by atoms with E-state index in [1.165, 1.54) is 0 Å². The molecule has 0 bridgehead atoms. The Hall–Kier alpha value is -1.97. The first kappa shape index (κ1) is 24.2. The summed E-state index contributed by atoms with van der Waals surface area (Å²) in [6.07, 6.45) is 4.37. The third-order valence-electron chi connectivity index (χ3n) is 6.34. The Bertz CT molecular complexity index is 985. The topological polar surface area (TPSA) is 88.6 Å². The number of hydrogen-bond donors (Lipinski definition) is 2. The predicted molar refractivity (Wildman–Crippen MR) is 129 cm³/mol. The molecule has 2 aromatic rings. The summed E-state index contributed by atoms with van der Waals surface area (Å²) in [5.41, 5.74) is 2.56. The number of anilines is 2. The number of carbonyl (C=O) groups excluding carboxylic acids is 1. The van der Waals surface area contributed by atoms with E-state index in [1.807, 2.05) is 17.9 Å². The number of amides is 1. The van der Waals surface area contributed by atoms with Crippen LogP contribution in [-0.2, 0) is 9.47 Å². The van der Waals surface area contributed by atoms with E-state index in [-0.39, 0.29) is 18.1 Å². The highest BCUT2D eigenvalue weighted by molar-refractivity contribution is 6.42. The number of piperidine rings is 1. The van der Waals surface area contributed by atoms with Crippen molar-refractivity contribution in [1.29, 1.82) is 0 Å². The van der Waals surface area contributed by atoms with Crippen LogP contribution >= 0.6 is 23.2 Å². The Balaban J connectivity index is 1.37. The molecule has 2 atom stereocenters. The molecular formula is C23H29Cl2N5O3. The summed E-state index contributed by atoms with van der Waals surface area (Å²) in [5.74, 6) is -0.0999. The number of hydrogen-bond acceptors (Lipinski definition) is 7. The molecule has 2 aliphatic rings. The number of aromatic nitrogens is 2. The van der Waals surface area contributed by atoms with Gasteiger partial charge in [-0.1, -0.05) is 23.2 Å². The summed E-state index contributed by atoms with van der Waals surface area (Å²) in [6, 6.07) is 5.91. The third-order valence-corrected chi connectivity index (χ3v) is 7.08. The van der Waals surface area contributed by atoms with Crippen molar-refractivity contribution in [3.05, 3.63) is 45.7 Å². The molecule has 0 aliphatic carbocycles. The molecule has 0 saturated carbocycles. The van der Waals surface area contributed by atoms with Crippen molar-refractivity contribution in [3.8, 4) is 0 Å². The van der Waals surface area contributed by atoms with Crippen LogP contribution in [0.1, 0.15) is 35.3 Å². The first-order valence-corrected chi connectivity index (χ1v) is 11.9. The van der Waals surface area contributed by atoms with Gasteiger partial charge >= 0.3 is 0 Å². The quantitative estimate of drug-likeness (QED) is 0.631. The van der Waals surface area contributed by atoms with Crippen LogP contribution in [0.5, 0.6) is 0 Å². The van der Waals surface area contributed by atoms with Crippen LogP contribution in [0.4, 0.5) is 11.4 Å². The molecule has 2 unspecified atom stereocenters. The number of ether oxygens (including phenoxy) is 2. The van der Waals surface area contributed by atoms with E-state index in [0.29, 0.717) is 47.2 Å². The lowest BCUT2D eigenvalue weighted by Crippen LogP contribution is -2.54. The maximum absolute atomic E-state index is 13.2. The molecule has 10 heteroatoms. The smallest absolute Gasteiger partial charge is 0.274 e. The molecule has 2 fully saturated rings. The van der Waals surface area contributed by atoms with Gasteiger partial charge in [0.15, 0.2) is 5.69 Å². The van der Waals surface area contributed by atoms with Gasteiger partial charge in [-0.25, -0.2) is 0 Å². The fraction of sp³-hybridized carbons (Fsp3) is 0.522. The predicted octanol–water partition coefficient (Wildman–Crippen LogP) is 3.83. The van der Waals surface area contributed by atoms with Gasteiger partial charge in [0.1, 0.15) is 0 Å². The van der Waals surface area contributed by atoms with Gasteiger partial charge in [0, 0.05) is 50.1 Å². The molecule has 1 aromatic carbocycles. The van der Waals surface area contributed by atoms with Crippen molar-refractivity contribution in [1.82, 2.24) is 20.4 Å². The minimum absolute atomic E-state index is 0.0714. The zero-order chi connectivity index (χ0) is 23.4. The molecule has 1 amide bonds. The number of nitrogens with one attached hydrogen (secondary N) is 2. The Kier molecular flexibility index (Phi) is 8.03. The minimum Gasteiger partial charge on any atom is -0.379 e. The first-order valence-electron chi connectivity index (χ1n) is 11.2. The monoisotopic (exact) mass is 493 g/mol. The van der Waals surface area contributed by atoms with Crippen molar-refractivity contribution in [2.45, 2.75) is 44.4 Å². The summed E-state index contributed by atoms with van der Waals surface area (Å²) in [6.45, 7) is 4.58. The van der Waals surface area contributed by atoms with Gasteiger partial charge in [0.25, 0.3) is 5.91 Å². The fourth-order valence-corrected chi connectivity index (χ4v) is 4.64. The molecule has 1 aromatic heterocycles. The minimum atomic E-state index is -0.0999. The molecule has 2 N–H and O–H groups in total. The number of benzene rings is 1. The van der Waals surface area contributed by atoms with Crippen molar-refractivity contribution < 1.29 is 14.3 Å². The maximum Gasteiger partial charge on any atom is 0.274 e. The lowest BCUT2D eigenvalue weighted by atomic mass is 9.99. The van der Waals surface area contributed by atoms with Crippen LogP contribution < -0.4 is 10.6 Å². The van der Waals surface area contributed by atoms with Crippen LogP contribution in [-0.4, -0.2) is 72.6 Å². The number of rotatable bonds is 6. The Morgan fingerprint density at radius 3 is 2.73 bits per heavy atom. The summed E-state index contributed by atoms with van der Waals surface area (Å²) >= 11 is 12.1. The SMILES string of the molecule is COC1COCCC1NC1CCN(C(=O)c2nncc(Nc3ccc(Cl)c(Cl)c3)c2C)CC1. The largest absolute Gasteiger partial charge is 0.379 e. The highest BCUT2D eigenvalue weighted by Gasteiger charge is 2.31. The average molecular weight is 494 g/mol. The van der Waals surface area contributed by atoms with Gasteiger partial charge in [-0.2, -0.15) is 5.10 Å². The van der Waals surface area contributed by atoms with E-state index in [4.69, 9.17) is 32.7 Å². The normalized spacial score (nSPS) is 21.8. The number of carbonyl (C=O) groups is 1. The van der Waals surface area contributed by atoms with Crippen molar-refractivity contribution >= 4 is 40.5 Å². The standard InChI is InChI=1S/C23H29Cl2N5O3/c1-14-20(28-16-3-4-17(24)18(25)11-16)12-26-29-22(14)23(31)30-8-5-15(6-9-30)27-19-7-10-33-13-21(19)32-2/h3-4,11-12,15,19,21,27H,5-10,13H2,1-2H3,(H,28,29). The van der Waals surface area contributed by atoms with Gasteiger partial charge < -0.3 is 25.0 Å². The Morgan fingerprint density at radius 1 is 1.21 bits per heavy atom. The highest BCUT2D eigenvalue weighted by atomic mass is 35.5. The second kappa shape index (κ2) is 11.0. The zero-order valence-corrected chi connectivity index (χ0v) is 20.3. The summed E-state index contributed by atoms with van der Waals surface area (Å²) in [7, 11) is 1.73. The van der Waals surface area contributed by atoms with Crippen molar-refractivity contribution in [2.24, 2.45) is 0 Å². The highest BCUT2D eigenvalue weighted by Crippen LogP contribution is 2.28. The van der Waals surface area contributed by atoms with Crippen LogP contribution in [0.3, 0.4) is 0 Å². The molecule has 8 nitrogen and oxygen atoms in total. The van der Waals surface area contributed by atoms with Gasteiger partial charge in [0.2, 0.25) is 0 Å². The van der Waals surface area contributed by atoms with Crippen molar-refractivity contribution in [2.75, 3.05) is 38.7 Å². The fourth-order valence-electron chi connectivity index (χ4n) is 4.34. The van der Waals surface area contributed by atoms with Crippen LogP contribution in [0.25, 0.3) is 0 Å². The van der Waals surface area contributed by atoms with Crippen LogP contribution in [0.15, 0.2) is 24.4 Å². The molecule has 2 aliphatic heterocycles. The molecule has 0 radical (unpaired) electrons. The van der Waals surface area contributed by atoms with E-state index in [0.717, 1.165) is 37.1 Å². The van der Waals surface area contributed by atoms with Gasteiger partial charge in [0.05, 0.1) is 34.6 Å². The molecule has 4 rings (SSSR count). The molecule has 33 heavy (non-hydrogen) atoms. The molecule has 2 saturated heterocycles. The van der Waals surface area contributed by atoms with Gasteiger partial charge in [-0.3, -0.25) is 4.79 Å². The summed E-state index contributed by atoms with van der Waals surface area (Å²) in [4.78, 5) is 15.1. The lowest BCUT2D eigenvalue weighted by molar-refractivity contribution is -0.0533. The van der Waals surface area contributed by atoms with E-state index in [9.17, 15) is 4.79 Å². The Morgan fingerprint density at radius 2 is 2.00 bits per heavy atom. The second-order valence-electron chi connectivity index (χ2n) is 8.46. The number of likely N-dealkylation sites (tertiary alicyclic amines) is 1. The molecule has 0 spiro atoms. The van der Waals surface area contributed by atoms with Crippen molar-refractivity contribution in [3.63, 3.8) is 0 Å².